The number of alkyl halides is 3. The molecule has 1 aromatic heterocycles. The third-order valence-corrected chi connectivity index (χ3v) is 2.63. The van der Waals surface area contributed by atoms with E-state index in [1.165, 1.54) is 23.8 Å². The molecule has 1 rings (SSSR count). The Morgan fingerprint density at radius 2 is 1.95 bits per heavy atom. The van der Waals surface area contributed by atoms with E-state index in [-0.39, 0.29) is 36.4 Å². The molecule has 0 bridgehead atoms. The van der Waals surface area contributed by atoms with Gasteiger partial charge in [-0.3, -0.25) is 4.79 Å². The van der Waals surface area contributed by atoms with Crippen molar-refractivity contribution in [2.24, 2.45) is 0 Å². The number of rotatable bonds is 6. The second-order valence-electron chi connectivity index (χ2n) is 4.24. The maximum absolute atomic E-state index is 12.0. The van der Waals surface area contributed by atoms with E-state index in [4.69, 9.17) is 5.11 Å². The molecule has 19 heavy (non-hydrogen) atoms. The van der Waals surface area contributed by atoms with Gasteiger partial charge in [-0.25, -0.2) is 4.79 Å². The van der Waals surface area contributed by atoms with Crippen molar-refractivity contribution >= 4 is 11.8 Å². The summed E-state index contributed by atoms with van der Waals surface area (Å²) in [6.07, 6.45) is -3.60. The van der Waals surface area contributed by atoms with Crippen LogP contribution in [-0.2, 0) is 6.54 Å². The first-order valence-corrected chi connectivity index (χ1v) is 5.72. The number of aromatic nitrogens is 1. The van der Waals surface area contributed by atoms with Crippen molar-refractivity contribution in [2.75, 3.05) is 0 Å². The number of aryl methyl sites for hydroxylation is 1. The number of carbonyl (C=O) groups excluding carboxylic acids is 1. The first-order chi connectivity index (χ1) is 8.70. The van der Waals surface area contributed by atoms with Crippen molar-refractivity contribution in [3.8, 4) is 0 Å². The van der Waals surface area contributed by atoms with Gasteiger partial charge in [0.05, 0.1) is 0 Å². The predicted molar refractivity (Wildman–Crippen MR) is 61.3 cm³/mol. The van der Waals surface area contributed by atoms with Crippen LogP contribution in [0.1, 0.15) is 47.0 Å². The van der Waals surface area contributed by atoms with Gasteiger partial charge in [-0.05, 0) is 25.8 Å². The summed E-state index contributed by atoms with van der Waals surface area (Å²) in [4.78, 5) is 22.1. The van der Waals surface area contributed by atoms with Crippen LogP contribution in [0.5, 0.6) is 0 Å². The Morgan fingerprint density at radius 1 is 1.32 bits per heavy atom. The fraction of sp³-hybridized carbons (Fsp3) is 0.500. The Labute approximate surface area is 107 Å². The van der Waals surface area contributed by atoms with Gasteiger partial charge >= 0.3 is 12.1 Å². The Morgan fingerprint density at radius 3 is 2.42 bits per heavy atom. The number of halogens is 3. The molecule has 1 heterocycles. The maximum Gasteiger partial charge on any atom is 0.389 e. The van der Waals surface area contributed by atoms with E-state index in [2.05, 4.69) is 0 Å². The second-order valence-corrected chi connectivity index (χ2v) is 4.24. The Bertz CT molecular complexity index is 477. The number of hydrogen-bond acceptors (Lipinski definition) is 2. The number of carboxylic acid groups (broad SMARTS) is 1. The third-order valence-electron chi connectivity index (χ3n) is 2.63. The van der Waals surface area contributed by atoms with Crippen LogP contribution in [0.3, 0.4) is 0 Å². The Balaban J connectivity index is 2.67. The van der Waals surface area contributed by atoms with E-state index in [9.17, 15) is 22.8 Å². The summed E-state index contributed by atoms with van der Waals surface area (Å²) in [5.74, 6) is -1.49. The highest BCUT2D eigenvalue weighted by atomic mass is 19.4. The number of Topliss-reactive ketones (excluding diaryl/α,β-unsaturated/α-hetero) is 1. The zero-order valence-electron chi connectivity index (χ0n) is 10.3. The van der Waals surface area contributed by atoms with Crippen molar-refractivity contribution in [3.05, 3.63) is 23.5 Å². The first-order valence-electron chi connectivity index (χ1n) is 5.72. The molecule has 0 atom stereocenters. The highest BCUT2D eigenvalue weighted by Crippen LogP contribution is 2.22. The van der Waals surface area contributed by atoms with E-state index in [1.807, 2.05) is 0 Å². The lowest BCUT2D eigenvalue weighted by Crippen LogP contribution is -2.10. The van der Waals surface area contributed by atoms with Crippen LogP contribution < -0.4 is 0 Å². The third kappa shape index (κ3) is 4.76. The topological polar surface area (TPSA) is 59.3 Å². The summed E-state index contributed by atoms with van der Waals surface area (Å²) >= 11 is 0. The average Bonchev–Trinajstić information content (AvgIpc) is 2.67. The fourth-order valence-corrected chi connectivity index (χ4v) is 1.67. The normalized spacial score (nSPS) is 11.6. The van der Waals surface area contributed by atoms with Gasteiger partial charge in [0.25, 0.3) is 0 Å². The number of nitrogens with zero attached hydrogens (tertiary/aromatic N) is 1. The van der Waals surface area contributed by atoms with Crippen LogP contribution in [0.15, 0.2) is 12.3 Å². The smallest absolute Gasteiger partial charge is 0.389 e. The molecule has 0 spiro atoms. The molecule has 4 nitrogen and oxygen atoms in total. The lowest BCUT2D eigenvalue weighted by molar-refractivity contribution is -0.135. The highest BCUT2D eigenvalue weighted by molar-refractivity contribution is 5.97. The summed E-state index contributed by atoms with van der Waals surface area (Å²) in [7, 11) is 0. The fourth-order valence-electron chi connectivity index (χ4n) is 1.67. The van der Waals surface area contributed by atoms with Crippen molar-refractivity contribution in [2.45, 2.75) is 38.9 Å². The van der Waals surface area contributed by atoms with Gasteiger partial charge in [0.15, 0.2) is 5.78 Å². The molecule has 0 amide bonds. The van der Waals surface area contributed by atoms with E-state index in [0.717, 1.165) is 0 Å². The molecule has 106 valence electrons. The molecule has 0 fully saturated rings. The molecule has 7 heteroatoms. The zero-order chi connectivity index (χ0) is 14.6. The number of carboxylic acids is 1. The van der Waals surface area contributed by atoms with E-state index in [1.54, 1.807) is 0 Å². The minimum atomic E-state index is -4.20. The van der Waals surface area contributed by atoms with Crippen molar-refractivity contribution < 1.29 is 27.9 Å². The first kappa shape index (κ1) is 15.3. The van der Waals surface area contributed by atoms with Crippen LogP contribution in [0.2, 0.25) is 0 Å². The van der Waals surface area contributed by atoms with Crippen molar-refractivity contribution in [3.63, 3.8) is 0 Å². The summed E-state index contributed by atoms with van der Waals surface area (Å²) in [5, 5.41) is 8.93. The second kappa shape index (κ2) is 5.90. The molecule has 1 aromatic rings. The van der Waals surface area contributed by atoms with Crippen molar-refractivity contribution in [1.29, 1.82) is 0 Å². The molecule has 0 unspecified atom stereocenters. The largest absolute Gasteiger partial charge is 0.477 e. The number of ketones is 1. The minimum absolute atomic E-state index is 0.0733. The van der Waals surface area contributed by atoms with Gasteiger partial charge < -0.3 is 9.67 Å². The van der Waals surface area contributed by atoms with Gasteiger partial charge in [-0.15, -0.1) is 0 Å². The summed E-state index contributed by atoms with van der Waals surface area (Å²) < 4.78 is 37.2. The number of carbonyl (C=O) groups is 2. The molecule has 0 aliphatic rings. The molecule has 0 saturated heterocycles. The number of unbranched alkanes of at least 4 members (excludes halogenated alkanes) is 1. The van der Waals surface area contributed by atoms with Gasteiger partial charge in [-0.1, -0.05) is 0 Å². The molecule has 0 aliphatic carbocycles. The van der Waals surface area contributed by atoms with E-state index < -0.39 is 18.6 Å². The molecule has 0 aromatic carbocycles. The monoisotopic (exact) mass is 277 g/mol. The van der Waals surface area contributed by atoms with E-state index in [0.29, 0.717) is 0 Å². The average molecular weight is 277 g/mol. The Kier molecular flexibility index (Phi) is 4.74. The quantitative estimate of drug-likeness (QED) is 0.642. The van der Waals surface area contributed by atoms with Crippen LogP contribution in [0.25, 0.3) is 0 Å². The van der Waals surface area contributed by atoms with Crippen molar-refractivity contribution in [1.82, 2.24) is 4.57 Å². The molecule has 0 saturated carbocycles. The molecular weight excluding hydrogens is 263 g/mol. The molecular formula is C12H14F3NO3. The van der Waals surface area contributed by atoms with Crippen LogP contribution in [0, 0.1) is 0 Å². The van der Waals surface area contributed by atoms with E-state index >= 15 is 0 Å². The molecule has 1 N–H and O–H groups in total. The molecule has 0 radical (unpaired) electrons. The van der Waals surface area contributed by atoms with Gasteiger partial charge in [0.1, 0.15) is 5.69 Å². The zero-order valence-corrected chi connectivity index (χ0v) is 10.3. The lowest BCUT2D eigenvalue weighted by atomic mass is 10.2. The lowest BCUT2D eigenvalue weighted by Gasteiger charge is -2.08. The number of aromatic carboxylic acids is 1. The standard InChI is InChI=1S/C12H14F3NO3/c1-8(17)9-6-10(11(18)19)16(7-9)5-3-2-4-12(13,14)15/h6-7H,2-5H2,1H3,(H,18,19). The highest BCUT2D eigenvalue weighted by Gasteiger charge is 2.26. The van der Waals surface area contributed by atoms with Gasteiger partial charge in [-0.2, -0.15) is 13.2 Å². The minimum Gasteiger partial charge on any atom is -0.477 e. The molecule has 0 aliphatic heterocycles. The van der Waals surface area contributed by atoms with Crippen LogP contribution in [-0.4, -0.2) is 27.6 Å². The summed E-state index contributed by atoms with van der Waals surface area (Å²) in [6.45, 7) is 1.44. The van der Waals surface area contributed by atoms with Crippen LogP contribution in [0.4, 0.5) is 13.2 Å². The Hall–Kier alpha value is -1.79. The number of hydrogen-bond donors (Lipinski definition) is 1. The predicted octanol–water partition coefficient (Wildman–Crippen LogP) is 3.12. The summed E-state index contributed by atoms with van der Waals surface area (Å²) in [5.41, 5.74) is 0.158. The van der Waals surface area contributed by atoms with Crippen LogP contribution >= 0.6 is 0 Å². The summed E-state index contributed by atoms with van der Waals surface area (Å²) in [6, 6.07) is 1.23. The van der Waals surface area contributed by atoms with Gasteiger partial charge in [0, 0.05) is 24.7 Å². The maximum atomic E-state index is 12.0. The SMILES string of the molecule is CC(=O)c1cc(C(=O)O)n(CCCCC(F)(F)F)c1. The van der Waals surface area contributed by atoms with Gasteiger partial charge in [0.2, 0.25) is 0 Å².